The van der Waals surface area contributed by atoms with Crippen LogP contribution in [0.2, 0.25) is 0 Å². The summed E-state index contributed by atoms with van der Waals surface area (Å²) in [5, 5.41) is 0. The van der Waals surface area contributed by atoms with Crippen LogP contribution in [0.5, 0.6) is 0 Å². The highest BCUT2D eigenvalue weighted by Gasteiger charge is 2.57. The van der Waals surface area contributed by atoms with Gasteiger partial charge < -0.3 is 90.3 Å². The van der Waals surface area contributed by atoms with Crippen LogP contribution in [0.1, 0.15) is 111 Å². The molecule has 3 saturated heterocycles. The standard InChI is InChI=1S/C108H98N2O27/c1-72(124-68-88-93(133-103(116)78-48-24-7-25-49-78)96(136-106(119)81-54-30-10-31-55-81)97(137-107(120)82-56-32-11-33-57-82)108(130-88)123-65-64-121-70-89-109(83-58-34-12-35-59-83)62-63-110(89)84-60-36-13-37-61-84)90-94(134-104(117)79-50-26-8-27-51-79)95(135-105(118)80-52-28-9-29-53-80)92(132-102(115)77-46-22-6-23-47-77)86(128-90)66-122-71-127-85(67-125-98(111)73-38-14-2-15-39-73)91(131-101(114)76-44-20-5-21-45-76)87(129-100(113)75-42-18-4-19-43-75)69-126-99(112)74-40-16-3-17-41-74/h2-61,72,85-97,108H,62-71H2,1H3/t72?,85-,86-,87-,88-,90+,91-,92-,93-,94+,95+,96+,97-,108-/m1/s1. The summed E-state index contributed by atoms with van der Waals surface area (Å²) < 4.78 is 111. The number of carbonyl (C=O) groups is 10. The second kappa shape index (κ2) is 48.5. The summed E-state index contributed by atoms with van der Waals surface area (Å²) in [5.74, 6) is -9.65. The van der Waals surface area contributed by atoms with E-state index in [0.717, 1.165) is 11.4 Å². The highest BCUT2D eigenvalue weighted by Crippen LogP contribution is 2.38. The number of nitrogens with zero attached hydrogens (tertiary/aromatic N) is 2. The van der Waals surface area contributed by atoms with Gasteiger partial charge in [-0.15, -0.1) is 0 Å². The molecule has 3 heterocycles. The lowest BCUT2D eigenvalue weighted by Crippen LogP contribution is -2.65. The molecule has 0 saturated carbocycles. The Hall–Kier alpha value is -15.3. The van der Waals surface area contributed by atoms with Crippen LogP contribution in [0.25, 0.3) is 0 Å². The third kappa shape index (κ3) is 26.0. The molecule has 0 N–H and O–H groups in total. The topological polar surface area (TPSA) is 334 Å². The van der Waals surface area contributed by atoms with E-state index in [2.05, 4.69) is 9.80 Å². The molecule has 0 spiro atoms. The van der Waals surface area contributed by atoms with Gasteiger partial charge in [0.15, 0.2) is 55.1 Å². The van der Waals surface area contributed by atoms with E-state index in [1.54, 1.807) is 182 Å². The Balaban J connectivity index is 0.799. The van der Waals surface area contributed by atoms with Crippen molar-refractivity contribution in [2.75, 3.05) is 75.9 Å². The van der Waals surface area contributed by atoms with E-state index >= 15 is 19.2 Å². The van der Waals surface area contributed by atoms with Gasteiger partial charge in [-0.25, -0.2) is 47.9 Å². The van der Waals surface area contributed by atoms with Gasteiger partial charge in [-0.3, -0.25) is 0 Å². The smallest absolute Gasteiger partial charge is 0.338 e. The zero-order chi connectivity index (χ0) is 95.0. The lowest BCUT2D eigenvalue weighted by atomic mass is 9.91. The summed E-state index contributed by atoms with van der Waals surface area (Å²) in [4.78, 5) is 152. The number of anilines is 2. The minimum atomic E-state index is -1.93. The number of esters is 10. The van der Waals surface area contributed by atoms with Crippen LogP contribution < -0.4 is 9.80 Å². The molecule has 3 aliphatic heterocycles. The summed E-state index contributed by atoms with van der Waals surface area (Å²) in [7, 11) is 0. The molecule has 0 aromatic heterocycles. The Morgan fingerprint density at radius 3 is 0.964 bits per heavy atom. The summed E-state index contributed by atoms with van der Waals surface area (Å²) in [6.07, 6.45) is -25.2. The number of carbonyl (C=O) groups excluding carboxylic acids is 10. The quantitative estimate of drug-likeness (QED) is 0.0149. The fourth-order valence-electron chi connectivity index (χ4n) is 15.8. The number of benzene rings is 12. The van der Waals surface area contributed by atoms with Crippen LogP contribution in [-0.4, -0.2) is 218 Å². The second-order valence-electron chi connectivity index (χ2n) is 31.8. The first-order chi connectivity index (χ1) is 67.0. The number of ether oxygens (including phenoxy) is 17. The first-order valence-corrected chi connectivity index (χ1v) is 44.5. The monoisotopic (exact) mass is 1850 g/mol. The normalized spacial score (nSPS) is 19.4. The van der Waals surface area contributed by atoms with Crippen molar-refractivity contribution in [2.45, 2.75) is 98.7 Å². The zero-order valence-electron chi connectivity index (χ0n) is 74.3. The largest absolute Gasteiger partial charge is 0.459 e. The Morgan fingerprint density at radius 1 is 0.292 bits per heavy atom. The Kier molecular flexibility index (Phi) is 34.1. The molecule has 0 radical (unpaired) electrons. The van der Waals surface area contributed by atoms with Crippen molar-refractivity contribution in [1.29, 1.82) is 0 Å². The van der Waals surface area contributed by atoms with Gasteiger partial charge in [0.1, 0.15) is 50.6 Å². The second-order valence-corrected chi connectivity index (χ2v) is 31.8. The third-order valence-electron chi connectivity index (χ3n) is 22.7. The third-order valence-corrected chi connectivity index (χ3v) is 22.7. The molecule has 3 fully saturated rings. The molecule has 702 valence electrons. The van der Waals surface area contributed by atoms with Crippen LogP contribution in [0.4, 0.5) is 11.4 Å². The van der Waals surface area contributed by atoms with Crippen LogP contribution >= 0.6 is 0 Å². The van der Waals surface area contributed by atoms with E-state index in [9.17, 15) is 28.8 Å². The van der Waals surface area contributed by atoms with Gasteiger partial charge in [0, 0.05) is 24.5 Å². The average Bonchev–Trinajstić information content (AvgIpc) is 1.19. The molecule has 0 amide bonds. The maximum Gasteiger partial charge on any atom is 0.338 e. The molecule has 3 aliphatic rings. The van der Waals surface area contributed by atoms with Gasteiger partial charge in [0.25, 0.3) is 0 Å². The molecule has 29 heteroatoms. The molecular formula is C108H98N2O27. The first-order valence-electron chi connectivity index (χ1n) is 44.5. The van der Waals surface area contributed by atoms with Crippen molar-refractivity contribution in [2.24, 2.45) is 0 Å². The highest BCUT2D eigenvalue weighted by atomic mass is 16.7. The molecule has 0 bridgehead atoms. The molecule has 12 aromatic rings. The number of para-hydroxylation sites is 2. The van der Waals surface area contributed by atoms with Gasteiger partial charge >= 0.3 is 59.7 Å². The van der Waals surface area contributed by atoms with E-state index in [4.69, 9.17) is 80.5 Å². The van der Waals surface area contributed by atoms with Gasteiger partial charge in [0.2, 0.25) is 0 Å². The molecule has 12 aromatic carbocycles. The first kappa shape index (κ1) is 96.2. The molecule has 1 unspecified atom stereocenters. The van der Waals surface area contributed by atoms with Crippen LogP contribution in [0.15, 0.2) is 364 Å². The predicted molar refractivity (Wildman–Crippen MR) is 495 cm³/mol. The van der Waals surface area contributed by atoms with E-state index in [1.165, 1.54) is 128 Å². The lowest BCUT2D eigenvalue weighted by Gasteiger charge is -2.47. The average molecular weight is 1860 g/mol. The van der Waals surface area contributed by atoms with Crippen molar-refractivity contribution in [1.82, 2.24) is 0 Å². The van der Waals surface area contributed by atoms with E-state index in [0.29, 0.717) is 13.1 Å². The van der Waals surface area contributed by atoms with E-state index in [-0.39, 0.29) is 81.6 Å². The number of rotatable bonds is 41. The van der Waals surface area contributed by atoms with Crippen LogP contribution in [0.3, 0.4) is 0 Å². The zero-order valence-corrected chi connectivity index (χ0v) is 74.3. The van der Waals surface area contributed by atoms with Gasteiger partial charge in [-0.2, -0.15) is 0 Å². The van der Waals surface area contributed by atoms with E-state index < -0.39 is 179 Å². The molecular weight excluding hydrogens is 1760 g/mol. The van der Waals surface area contributed by atoms with Gasteiger partial charge in [-0.1, -0.05) is 218 Å². The Morgan fingerprint density at radius 2 is 0.591 bits per heavy atom. The summed E-state index contributed by atoms with van der Waals surface area (Å²) in [5.41, 5.74) is 2.22. The predicted octanol–water partition coefficient (Wildman–Crippen LogP) is 15.1. The molecule has 29 nitrogen and oxygen atoms in total. The van der Waals surface area contributed by atoms with Crippen molar-refractivity contribution < 1.29 is 128 Å². The summed E-state index contributed by atoms with van der Waals surface area (Å²) in [6, 6.07) is 97.9. The van der Waals surface area contributed by atoms with Crippen LogP contribution in [0, 0.1) is 0 Å². The maximum atomic E-state index is 15.2. The fraction of sp³-hybridized carbons (Fsp3) is 0.241. The Labute approximate surface area is 789 Å². The molecule has 0 aliphatic carbocycles. The van der Waals surface area contributed by atoms with Crippen molar-refractivity contribution in [3.63, 3.8) is 0 Å². The summed E-state index contributed by atoms with van der Waals surface area (Å²) in [6.45, 7) is -1.44. The molecule has 137 heavy (non-hydrogen) atoms. The number of hydrogen-bond acceptors (Lipinski definition) is 29. The fourth-order valence-corrected chi connectivity index (χ4v) is 15.8. The lowest BCUT2D eigenvalue weighted by molar-refractivity contribution is -0.307. The summed E-state index contributed by atoms with van der Waals surface area (Å²) >= 11 is 0. The Bertz CT molecular complexity index is 5860. The minimum Gasteiger partial charge on any atom is -0.459 e. The highest BCUT2D eigenvalue weighted by molar-refractivity contribution is 5.95. The number of hydrogen-bond donors (Lipinski definition) is 0. The SMILES string of the molecule is CC(OC[C@H]1O[C@@H](OCCOCC2N(c3ccccc3)CCN2c2ccccc2)[C@H](OC(=O)c2ccccc2)[C@@H](OC(=O)c2ccccc2)[C@@H]1OC(=O)c1ccccc1)[C@@H]1O[C@H](COCO[C@H](COC(=O)c2ccccc2)[C@@H](OC(=O)c2ccccc2)[C@@H](COC(=O)c2ccccc2)OC(=O)c2ccccc2)[C@@H](OC(=O)c2ccccc2)[C@H](OC(=O)c2ccccc2)[C@H]1OC(=O)c1ccccc1. The maximum absolute atomic E-state index is 15.2. The minimum absolute atomic E-state index is 0.00383. The molecule has 15 rings (SSSR count). The van der Waals surface area contributed by atoms with Crippen molar-refractivity contribution in [3.8, 4) is 0 Å². The van der Waals surface area contributed by atoms with Gasteiger partial charge in [-0.05, 0) is 153 Å². The van der Waals surface area contributed by atoms with Crippen LogP contribution in [-0.2, 0) is 80.5 Å². The van der Waals surface area contributed by atoms with E-state index in [1.807, 2.05) is 60.7 Å². The van der Waals surface area contributed by atoms with Crippen molar-refractivity contribution >= 4 is 71.1 Å². The van der Waals surface area contributed by atoms with Gasteiger partial charge in [0.05, 0.1) is 94.8 Å². The molecule has 14 atom stereocenters. The van der Waals surface area contributed by atoms with Crippen molar-refractivity contribution in [3.05, 3.63) is 420 Å².